The van der Waals surface area contributed by atoms with Crippen LogP contribution in [0.2, 0.25) is 0 Å². The molecular formula is C19H20FeO4. The molecule has 0 heterocycles. The molecule has 0 unspecified atom stereocenters. The monoisotopic (exact) mass is 368 g/mol. The van der Waals surface area contributed by atoms with E-state index in [0.29, 0.717) is 12.3 Å². The molecule has 0 fully saturated rings. The Morgan fingerprint density at radius 1 is 1.04 bits per heavy atom. The normalized spacial score (nSPS) is 9.00. The van der Waals surface area contributed by atoms with Gasteiger partial charge in [-0.15, -0.1) is 0 Å². The second kappa shape index (κ2) is 26.5. The van der Waals surface area contributed by atoms with E-state index in [9.17, 15) is 4.79 Å². The Labute approximate surface area is 156 Å². The summed E-state index contributed by atoms with van der Waals surface area (Å²) in [6.45, 7) is 17.6. The Balaban J connectivity index is -0.000000256. The van der Waals surface area contributed by atoms with E-state index in [1.807, 2.05) is 56.5 Å². The van der Waals surface area contributed by atoms with E-state index in [2.05, 4.69) is 33.3 Å². The van der Waals surface area contributed by atoms with Gasteiger partial charge in [-0.05, 0) is 31.6 Å². The number of rotatable bonds is 8. The first-order chi connectivity index (χ1) is 11.3. The molecule has 1 aromatic rings. The maximum absolute atomic E-state index is 12.0. The number of Topliss-reactive ketones (excluding diaryl/α,β-unsaturated/α-hetero) is 1. The van der Waals surface area contributed by atoms with Gasteiger partial charge in [0.15, 0.2) is 5.78 Å². The van der Waals surface area contributed by atoms with Crippen LogP contribution in [0.3, 0.4) is 0 Å². The van der Waals surface area contributed by atoms with E-state index >= 15 is 0 Å². The van der Waals surface area contributed by atoms with Crippen LogP contribution in [0.4, 0.5) is 0 Å². The molecule has 5 heteroatoms. The molecule has 0 bridgehead atoms. The second-order valence-corrected chi connectivity index (χ2v) is 4.07. The average Bonchev–Trinajstić information content (AvgIpc) is 2.66. The molecule has 4 nitrogen and oxygen atoms in total. The number of carbonyl (C=O) groups is 1. The second-order valence-electron chi connectivity index (χ2n) is 4.07. The maximum Gasteiger partial charge on any atom is 0 e. The first-order valence-electron chi connectivity index (χ1n) is 6.77. The summed E-state index contributed by atoms with van der Waals surface area (Å²) in [6.07, 6.45) is 9.70. The van der Waals surface area contributed by atoms with Gasteiger partial charge in [-0.2, -0.15) is 0 Å². The van der Waals surface area contributed by atoms with Gasteiger partial charge in [-0.1, -0.05) is 50.6 Å². The number of carbonyl (C=O) groups excluding carboxylic acids is 1. The summed E-state index contributed by atoms with van der Waals surface area (Å²) in [5.74, 6) is 0.557. The SMILES string of the molecule is C[CH][CH][CH][CH][C@@H](CC)CC(=O)c1ccccc1.[C-]#[O+].[C-]#[O+].[C-]#[O+].[Fe]. The van der Waals surface area contributed by atoms with Gasteiger partial charge in [-0.25, -0.2) is 0 Å². The zero-order chi connectivity index (χ0) is 18.5. The van der Waals surface area contributed by atoms with Crippen LogP contribution >= 0.6 is 0 Å². The molecule has 128 valence electrons. The summed E-state index contributed by atoms with van der Waals surface area (Å²) in [4.78, 5) is 12.0. The molecule has 0 saturated carbocycles. The molecule has 0 aliphatic rings. The first kappa shape index (κ1) is 30.5. The minimum absolute atomic E-state index is 0. The number of hydrogen-bond acceptors (Lipinski definition) is 1. The summed E-state index contributed by atoms with van der Waals surface area (Å²) in [5, 5.41) is 0. The predicted molar refractivity (Wildman–Crippen MR) is 83.8 cm³/mol. The smallest absolute Gasteiger partial charge is 0 e. The van der Waals surface area contributed by atoms with E-state index in [1.165, 1.54) is 0 Å². The van der Waals surface area contributed by atoms with Crippen LogP contribution < -0.4 is 0 Å². The molecule has 0 aliphatic heterocycles. The minimum Gasteiger partial charge on any atom is 0 e. The summed E-state index contributed by atoms with van der Waals surface area (Å²) >= 11 is 0. The largest absolute Gasteiger partial charge is 0 e. The Hall–Kier alpha value is -1.37. The Bertz CT molecular complexity index is 423. The Kier molecular flexibility index (Phi) is 33.7. The van der Waals surface area contributed by atoms with Crippen molar-refractivity contribution in [2.24, 2.45) is 5.92 Å². The van der Waals surface area contributed by atoms with Gasteiger partial charge in [0.2, 0.25) is 0 Å². The van der Waals surface area contributed by atoms with Gasteiger partial charge in [0.05, 0.1) is 0 Å². The maximum atomic E-state index is 12.0. The van der Waals surface area contributed by atoms with E-state index in [4.69, 9.17) is 14.0 Å². The van der Waals surface area contributed by atoms with Crippen molar-refractivity contribution in [3.8, 4) is 0 Å². The van der Waals surface area contributed by atoms with E-state index in [0.717, 1.165) is 12.0 Å². The number of unbranched alkanes of at least 4 members (excludes halogenated alkanes) is 2. The quantitative estimate of drug-likeness (QED) is 0.225. The molecule has 0 N–H and O–H groups in total. The molecule has 0 aromatic heterocycles. The predicted octanol–water partition coefficient (Wildman–Crippen LogP) is 4.01. The van der Waals surface area contributed by atoms with Crippen molar-refractivity contribution in [2.45, 2.75) is 26.7 Å². The van der Waals surface area contributed by atoms with Gasteiger partial charge >= 0.3 is 33.9 Å². The van der Waals surface area contributed by atoms with Crippen molar-refractivity contribution < 1.29 is 35.8 Å². The summed E-state index contributed by atoms with van der Waals surface area (Å²) in [7, 11) is 0. The molecule has 24 heavy (non-hydrogen) atoms. The third-order valence-electron chi connectivity index (χ3n) is 2.75. The summed E-state index contributed by atoms with van der Waals surface area (Å²) in [5.41, 5.74) is 0.811. The van der Waals surface area contributed by atoms with Gasteiger partial charge in [0, 0.05) is 29.1 Å². The summed E-state index contributed by atoms with van der Waals surface area (Å²) in [6, 6.07) is 9.50. The summed E-state index contributed by atoms with van der Waals surface area (Å²) < 4.78 is 22.5. The fraction of sp³-hybridized carbons (Fsp3) is 0.263. The van der Waals surface area contributed by atoms with Crippen molar-refractivity contribution in [1.82, 2.24) is 0 Å². The van der Waals surface area contributed by atoms with E-state index in [1.54, 1.807) is 0 Å². The van der Waals surface area contributed by atoms with Crippen LogP contribution in [0.5, 0.6) is 0 Å². The van der Waals surface area contributed by atoms with E-state index < -0.39 is 0 Å². The molecular weight excluding hydrogens is 348 g/mol. The van der Waals surface area contributed by atoms with E-state index in [-0.39, 0.29) is 22.9 Å². The van der Waals surface area contributed by atoms with Crippen molar-refractivity contribution in [3.05, 3.63) is 81.5 Å². The molecule has 0 saturated heterocycles. The van der Waals surface area contributed by atoms with Crippen LogP contribution in [0, 0.1) is 51.6 Å². The molecule has 0 amide bonds. The van der Waals surface area contributed by atoms with Crippen LogP contribution in [-0.2, 0) is 31.0 Å². The molecule has 4 radical (unpaired) electrons. The standard InChI is InChI=1S/C16H20O.3CO.Fe/c1-3-5-7-10-14(4-2)13-16(17)15-11-8-6-9-12-15;3*1-2;/h3,5-12,14H,4,13H2,1-2H3;;;;/t14-;;;;/m1..../s1. The minimum atomic E-state index is 0. The van der Waals surface area contributed by atoms with Crippen molar-refractivity contribution in [3.63, 3.8) is 0 Å². The third kappa shape index (κ3) is 17.0. The van der Waals surface area contributed by atoms with Crippen LogP contribution in [-0.4, -0.2) is 5.78 Å². The number of benzene rings is 1. The van der Waals surface area contributed by atoms with Gasteiger partial charge in [0.25, 0.3) is 0 Å². The van der Waals surface area contributed by atoms with Crippen LogP contribution in [0.1, 0.15) is 37.0 Å². The first-order valence-corrected chi connectivity index (χ1v) is 6.77. The third-order valence-corrected chi connectivity index (χ3v) is 2.75. The van der Waals surface area contributed by atoms with Crippen LogP contribution in [0.25, 0.3) is 0 Å². The average molecular weight is 368 g/mol. The fourth-order valence-electron chi connectivity index (χ4n) is 1.66. The van der Waals surface area contributed by atoms with Crippen molar-refractivity contribution >= 4 is 5.78 Å². The van der Waals surface area contributed by atoms with Gasteiger partial charge < -0.3 is 0 Å². The molecule has 0 aliphatic carbocycles. The van der Waals surface area contributed by atoms with Crippen molar-refractivity contribution in [2.75, 3.05) is 0 Å². The van der Waals surface area contributed by atoms with Gasteiger partial charge in [-0.3, -0.25) is 4.79 Å². The van der Waals surface area contributed by atoms with Crippen LogP contribution in [0.15, 0.2) is 30.3 Å². The molecule has 1 aromatic carbocycles. The molecule has 0 spiro atoms. The van der Waals surface area contributed by atoms with Gasteiger partial charge in [0.1, 0.15) is 0 Å². The number of ketones is 1. The topological polar surface area (TPSA) is 76.8 Å². The Morgan fingerprint density at radius 3 is 1.96 bits per heavy atom. The zero-order valence-electron chi connectivity index (χ0n) is 13.7. The molecule has 1 atom stereocenters. The number of hydrogen-bond donors (Lipinski definition) is 0. The van der Waals surface area contributed by atoms with Crippen molar-refractivity contribution in [1.29, 1.82) is 0 Å². The fourth-order valence-corrected chi connectivity index (χ4v) is 1.66. The molecule has 1 rings (SSSR count). The Morgan fingerprint density at radius 2 is 1.54 bits per heavy atom. The zero-order valence-corrected chi connectivity index (χ0v) is 14.8.